The van der Waals surface area contributed by atoms with Gasteiger partial charge < -0.3 is 11.1 Å². The molecule has 0 spiro atoms. The molecule has 3 N–H and O–H groups in total. The van der Waals surface area contributed by atoms with Crippen molar-refractivity contribution in [2.45, 2.75) is 19.3 Å². The normalized spacial score (nSPS) is 10.4. The molecule has 3 aromatic rings. The van der Waals surface area contributed by atoms with Gasteiger partial charge in [0.15, 0.2) is 0 Å². The van der Waals surface area contributed by atoms with Gasteiger partial charge in [0.1, 0.15) is 0 Å². The summed E-state index contributed by atoms with van der Waals surface area (Å²) in [5.41, 5.74) is 9.65. The molecule has 0 aromatic heterocycles. The Morgan fingerprint density at radius 3 is 2.11 bits per heavy atom. The first-order valence-electron chi connectivity index (χ1n) is 8.92. The first-order valence-corrected chi connectivity index (χ1v) is 8.92. The molecule has 0 atom stereocenters. The predicted molar refractivity (Wildman–Crippen MR) is 108 cm³/mol. The van der Waals surface area contributed by atoms with Crippen LogP contribution in [0.2, 0.25) is 0 Å². The zero-order chi connectivity index (χ0) is 19.1. The molecule has 136 valence electrons. The Kier molecular flexibility index (Phi) is 6.00. The fourth-order valence-corrected chi connectivity index (χ4v) is 2.99. The van der Waals surface area contributed by atoms with E-state index in [1.54, 1.807) is 24.3 Å². The Bertz CT molecular complexity index is 919. The Morgan fingerprint density at radius 1 is 0.741 bits per heavy atom. The monoisotopic (exact) mass is 358 g/mol. The summed E-state index contributed by atoms with van der Waals surface area (Å²) >= 11 is 0. The summed E-state index contributed by atoms with van der Waals surface area (Å²) in [6.45, 7) is 0. The standard InChI is InChI=1S/C23H22N2O2/c24-22(26)16-18-11-14-20(15-12-18)25-23(27)21-9-5-4-8-19(21)13-10-17-6-2-1-3-7-17/h1-9,11-12,14-15H,10,13,16H2,(H2,24,26)(H,25,27). The zero-order valence-corrected chi connectivity index (χ0v) is 15.0. The molecule has 0 heterocycles. The number of hydrogen-bond donors (Lipinski definition) is 2. The highest BCUT2D eigenvalue weighted by atomic mass is 16.2. The Labute approximate surface area is 159 Å². The molecule has 0 unspecified atom stereocenters. The average Bonchev–Trinajstić information content (AvgIpc) is 2.68. The van der Waals surface area contributed by atoms with Crippen LogP contribution in [-0.4, -0.2) is 11.8 Å². The highest BCUT2D eigenvalue weighted by molar-refractivity contribution is 6.05. The van der Waals surface area contributed by atoms with Gasteiger partial charge >= 0.3 is 0 Å². The maximum absolute atomic E-state index is 12.7. The Hall–Kier alpha value is -3.40. The van der Waals surface area contributed by atoms with E-state index < -0.39 is 0 Å². The fraction of sp³-hybridized carbons (Fsp3) is 0.130. The predicted octanol–water partition coefficient (Wildman–Crippen LogP) is 3.75. The maximum atomic E-state index is 12.7. The van der Waals surface area contributed by atoms with E-state index in [0.29, 0.717) is 11.3 Å². The van der Waals surface area contributed by atoms with Gasteiger partial charge in [0.2, 0.25) is 5.91 Å². The zero-order valence-electron chi connectivity index (χ0n) is 15.0. The largest absolute Gasteiger partial charge is 0.369 e. The van der Waals surface area contributed by atoms with Crippen LogP contribution in [0.5, 0.6) is 0 Å². The van der Waals surface area contributed by atoms with Crippen LogP contribution in [0, 0.1) is 0 Å². The van der Waals surface area contributed by atoms with Gasteiger partial charge in [-0.3, -0.25) is 9.59 Å². The average molecular weight is 358 g/mol. The molecule has 2 amide bonds. The summed E-state index contributed by atoms with van der Waals surface area (Å²) in [4.78, 5) is 23.7. The third kappa shape index (κ3) is 5.28. The third-order valence-electron chi connectivity index (χ3n) is 4.38. The van der Waals surface area contributed by atoms with E-state index in [1.165, 1.54) is 5.56 Å². The minimum absolute atomic E-state index is 0.138. The molecule has 0 bridgehead atoms. The van der Waals surface area contributed by atoms with Crippen LogP contribution in [0.4, 0.5) is 5.69 Å². The van der Waals surface area contributed by atoms with Gasteiger partial charge in [0.05, 0.1) is 6.42 Å². The van der Waals surface area contributed by atoms with Crippen molar-refractivity contribution >= 4 is 17.5 Å². The number of rotatable bonds is 7. The van der Waals surface area contributed by atoms with E-state index in [-0.39, 0.29) is 18.2 Å². The topological polar surface area (TPSA) is 72.2 Å². The molecule has 3 aromatic carbocycles. The van der Waals surface area contributed by atoms with Gasteiger partial charge in [-0.05, 0) is 47.7 Å². The van der Waals surface area contributed by atoms with Gasteiger partial charge in [0.25, 0.3) is 5.91 Å². The van der Waals surface area contributed by atoms with Crippen LogP contribution in [0.3, 0.4) is 0 Å². The third-order valence-corrected chi connectivity index (χ3v) is 4.38. The molecule has 0 aliphatic rings. The summed E-state index contributed by atoms with van der Waals surface area (Å²) in [5.74, 6) is -0.513. The number of hydrogen-bond acceptors (Lipinski definition) is 2. The Morgan fingerprint density at radius 2 is 1.41 bits per heavy atom. The van der Waals surface area contributed by atoms with Crippen LogP contribution < -0.4 is 11.1 Å². The molecule has 0 saturated carbocycles. The van der Waals surface area contributed by atoms with Gasteiger partial charge in [0, 0.05) is 11.3 Å². The molecule has 27 heavy (non-hydrogen) atoms. The number of nitrogens with one attached hydrogen (secondary N) is 1. The van der Waals surface area contributed by atoms with Crippen LogP contribution >= 0.6 is 0 Å². The van der Waals surface area contributed by atoms with E-state index in [9.17, 15) is 9.59 Å². The Balaban J connectivity index is 1.68. The number of amides is 2. The maximum Gasteiger partial charge on any atom is 0.255 e. The van der Waals surface area contributed by atoms with E-state index >= 15 is 0 Å². The minimum atomic E-state index is -0.376. The van der Waals surface area contributed by atoms with Crippen LogP contribution in [0.25, 0.3) is 0 Å². The highest BCUT2D eigenvalue weighted by Gasteiger charge is 2.11. The number of carbonyl (C=O) groups excluding carboxylic acids is 2. The van der Waals surface area contributed by atoms with Gasteiger partial charge in [-0.15, -0.1) is 0 Å². The lowest BCUT2D eigenvalue weighted by Crippen LogP contribution is -2.15. The summed E-state index contributed by atoms with van der Waals surface area (Å²) < 4.78 is 0. The van der Waals surface area contributed by atoms with Crippen molar-refractivity contribution in [2.75, 3.05) is 5.32 Å². The highest BCUT2D eigenvalue weighted by Crippen LogP contribution is 2.16. The van der Waals surface area contributed by atoms with Crippen LogP contribution in [0.1, 0.15) is 27.0 Å². The summed E-state index contributed by atoms with van der Waals surface area (Å²) in [5, 5.41) is 2.92. The molecule has 0 aliphatic carbocycles. The molecule has 0 fully saturated rings. The van der Waals surface area contributed by atoms with E-state index in [4.69, 9.17) is 5.73 Å². The fourth-order valence-electron chi connectivity index (χ4n) is 2.99. The molecular weight excluding hydrogens is 336 g/mol. The minimum Gasteiger partial charge on any atom is -0.369 e. The number of nitrogens with two attached hydrogens (primary N) is 1. The lowest BCUT2D eigenvalue weighted by atomic mass is 9.99. The van der Waals surface area contributed by atoms with Crippen molar-refractivity contribution in [2.24, 2.45) is 5.73 Å². The van der Waals surface area contributed by atoms with Crippen molar-refractivity contribution in [1.29, 1.82) is 0 Å². The number of aryl methyl sites for hydroxylation is 2. The SMILES string of the molecule is NC(=O)Cc1ccc(NC(=O)c2ccccc2CCc2ccccc2)cc1. The van der Waals surface area contributed by atoms with Crippen LogP contribution in [0.15, 0.2) is 78.9 Å². The number of primary amides is 1. The second-order valence-electron chi connectivity index (χ2n) is 6.44. The first kappa shape index (κ1) is 18.4. The molecule has 0 radical (unpaired) electrons. The van der Waals surface area contributed by atoms with Crippen molar-refractivity contribution in [3.63, 3.8) is 0 Å². The quantitative estimate of drug-likeness (QED) is 0.675. The van der Waals surface area contributed by atoms with Gasteiger partial charge in [-0.1, -0.05) is 60.7 Å². The van der Waals surface area contributed by atoms with Crippen molar-refractivity contribution in [3.8, 4) is 0 Å². The van der Waals surface area contributed by atoms with Crippen molar-refractivity contribution < 1.29 is 9.59 Å². The first-order chi connectivity index (χ1) is 13.1. The van der Waals surface area contributed by atoms with E-state index in [1.807, 2.05) is 42.5 Å². The molecule has 4 heteroatoms. The summed E-state index contributed by atoms with van der Waals surface area (Å²) in [6, 6.07) is 25.0. The van der Waals surface area contributed by atoms with E-state index in [2.05, 4.69) is 17.4 Å². The molecule has 0 saturated heterocycles. The van der Waals surface area contributed by atoms with Crippen molar-refractivity contribution in [3.05, 3.63) is 101 Å². The second kappa shape index (κ2) is 8.81. The second-order valence-corrected chi connectivity index (χ2v) is 6.44. The number of anilines is 1. The molecule has 3 rings (SSSR count). The van der Waals surface area contributed by atoms with Gasteiger partial charge in [-0.2, -0.15) is 0 Å². The molecule has 4 nitrogen and oxygen atoms in total. The number of carbonyl (C=O) groups is 2. The lowest BCUT2D eigenvalue weighted by molar-refractivity contribution is -0.117. The summed E-state index contributed by atoms with van der Waals surface area (Å²) in [7, 11) is 0. The molecular formula is C23H22N2O2. The van der Waals surface area contributed by atoms with Gasteiger partial charge in [-0.25, -0.2) is 0 Å². The lowest BCUT2D eigenvalue weighted by Gasteiger charge is -2.11. The molecule has 0 aliphatic heterocycles. The van der Waals surface area contributed by atoms with E-state index in [0.717, 1.165) is 24.0 Å². The van der Waals surface area contributed by atoms with Crippen LogP contribution in [-0.2, 0) is 24.1 Å². The summed E-state index contributed by atoms with van der Waals surface area (Å²) in [6.07, 6.45) is 1.87. The van der Waals surface area contributed by atoms with Crippen molar-refractivity contribution in [1.82, 2.24) is 0 Å². The smallest absolute Gasteiger partial charge is 0.255 e. The number of benzene rings is 3.